The molecule has 178 valence electrons. The Morgan fingerprint density at radius 2 is 1.44 bits per heavy atom. The Bertz CT molecular complexity index is 1360. The van der Waals surface area contributed by atoms with E-state index in [1.165, 1.54) is 12.1 Å². The summed E-state index contributed by atoms with van der Waals surface area (Å²) in [6.07, 6.45) is 5.90. The molecule has 0 radical (unpaired) electrons. The molecular weight excluding hydrogens is 466 g/mol. The summed E-state index contributed by atoms with van der Waals surface area (Å²) in [6.45, 7) is 3.90. The molecule has 0 aliphatic carbocycles. The monoisotopic (exact) mass is 495 g/mol. The van der Waals surface area contributed by atoms with E-state index in [1.54, 1.807) is 84.9 Å². The summed E-state index contributed by atoms with van der Waals surface area (Å²) < 4.78 is 45.2. The van der Waals surface area contributed by atoms with E-state index in [0.717, 1.165) is 18.4 Å². The Kier molecular flexibility index (Phi) is 8.58. The molecule has 0 spiro atoms. The minimum Gasteiger partial charge on any atom is -0.292 e. The zero-order valence-electron chi connectivity index (χ0n) is 19.3. The number of allylic oxidation sites excluding steroid dienone is 1. The van der Waals surface area contributed by atoms with Gasteiger partial charge in [-0.2, -0.15) is 8.42 Å². The maximum Gasteiger partial charge on any atom is 0.290 e. The fourth-order valence-electron chi connectivity index (χ4n) is 3.40. The lowest BCUT2D eigenvalue weighted by molar-refractivity contribution is 0.0999. The quantitative estimate of drug-likeness (QED) is 0.190. The molecule has 0 aromatic heterocycles. The van der Waals surface area contributed by atoms with Crippen LogP contribution < -0.4 is 0 Å². The van der Waals surface area contributed by atoms with Gasteiger partial charge < -0.3 is 0 Å². The lowest BCUT2D eigenvalue weighted by Crippen LogP contribution is -2.29. The first-order chi connectivity index (χ1) is 16.3. The number of rotatable bonds is 10. The van der Waals surface area contributed by atoms with Gasteiger partial charge >= 0.3 is 0 Å². The number of carbonyl (C=O) groups excluding carboxylic acids is 1. The predicted octanol–water partition coefficient (Wildman–Crippen LogP) is 6.21. The first-order valence-electron chi connectivity index (χ1n) is 11.2. The van der Waals surface area contributed by atoms with Crippen LogP contribution >= 0.6 is 0 Å². The maximum absolute atomic E-state index is 14.6. The van der Waals surface area contributed by atoms with Crippen molar-refractivity contribution in [2.24, 2.45) is 3.77 Å². The van der Waals surface area contributed by atoms with Crippen LogP contribution in [0.5, 0.6) is 0 Å². The number of hydrogen-bond acceptors (Lipinski definition) is 4. The van der Waals surface area contributed by atoms with Gasteiger partial charge in [-0.1, -0.05) is 98.1 Å². The molecule has 34 heavy (non-hydrogen) atoms. The largest absolute Gasteiger partial charge is 0.292 e. The number of hydrogen-bond donors (Lipinski definition) is 0. The van der Waals surface area contributed by atoms with Gasteiger partial charge in [0.05, 0.1) is 4.90 Å². The van der Waals surface area contributed by atoms with E-state index in [0.29, 0.717) is 12.0 Å². The Hall–Kier alpha value is -3.03. The van der Waals surface area contributed by atoms with Gasteiger partial charge in [-0.05, 0) is 37.6 Å². The van der Waals surface area contributed by atoms with Crippen LogP contribution in [0.3, 0.4) is 0 Å². The van der Waals surface area contributed by atoms with E-state index in [4.69, 9.17) is 0 Å². The third-order valence-corrected chi connectivity index (χ3v) is 9.85. The van der Waals surface area contributed by atoms with Crippen LogP contribution in [-0.2, 0) is 19.8 Å². The lowest BCUT2D eigenvalue weighted by Gasteiger charge is -2.19. The molecule has 0 heterocycles. The maximum atomic E-state index is 14.6. The molecule has 0 saturated heterocycles. The zero-order valence-corrected chi connectivity index (χ0v) is 21.0. The van der Waals surface area contributed by atoms with E-state index in [9.17, 15) is 17.4 Å². The minimum atomic E-state index is -4.32. The van der Waals surface area contributed by atoms with Crippen LogP contribution in [0.15, 0.2) is 111 Å². The van der Waals surface area contributed by atoms with Crippen LogP contribution in [0.1, 0.15) is 42.1 Å². The van der Waals surface area contributed by atoms with Gasteiger partial charge in [-0.15, -0.1) is 3.77 Å². The molecule has 2 unspecified atom stereocenters. The van der Waals surface area contributed by atoms with E-state index >= 15 is 0 Å². The molecule has 5 nitrogen and oxygen atoms in total. The Labute approximate surface area is 202 Å². The SMILES string of the molecule is CCCC/C=C/C(C(=O)c1ccccc1)S(=O)(=NS(=O)(=O)c1ccc(C)cc1)c1ccccc1. The molecule has 7 heteroatoms. The van der Waals surface area contributed by atoms with Gasteiger partial charge in [0.25, 0.3) is 10.0 Å². The topological polar surface area (TPSA) is 80.6 Å². The van der Waals surface area contributed by atoms with Crippen LogP contribution in [0.4, 0.5) is 0 Å². The number of sulfonamides is 1. The molecule has 0 bridgehead atoms. The number of aryl methyl sites for hydroxylation is 1. The van der Waals surface area contributed by atoms with Gasteiger partial charge in [-0.25, -0.2) is 4.21 Å². The summed E-state index contributed by atoms with van der Waals surface area (Å²) >= 11 is 0. The third-order valence-electron chi connectivity index (χ3n) is 5.30. The van der Waals surface area contributed by atoms with Gasteiger partial charge in [-0.3, -0.25) is 4.79 Å². The summed E-state index contributed by atoms with van der Waals surface area (Å²) in [6, 6.07) is 22.8. The second-order valence-electron chi connectivity index (χ2n) is 7.97. The molecule has 2 atom stereocenters. The molecule has 3 rings (SSSR count). The van der Waals surface area contributed by atoms with Crippen molar-refractivity contribution in [2.75, 3.05) is 0 Å². The highest BCUT2D eigenvalue weighted by Crippen LogP contribution is 2.27. The molecule has 0 N–H and O–H groups in total. The standard InChI is InChI=1S/C27H29NO4S2/c1-3-4-5-12-17-26(27(29)23-13-8-6-9-14-23)33(30,24-15-10-7-11-16-24)28-34(31,32)25-20-18-22(2)19-21-25/h6-21,26H,3-5H2,1-2H3/b17-12+. The zero-order chi connectivity index (χ0) is 24.6. The molecule has 0 amide bonds. The second kappa shape index (κ2) is 11.4. The van der Waals surface area contributed by atoms with Crippen LogP contribution in [0, 0.1) is 6.92 Å². The second-order valence-corrected chi connectivity index (χ2v) is 12.1. The number of nitrogens with zero attached hydrogens (tertiary/aromatic N) is 1. The molecule has 3 aromatic rings. The average molecular weight is 496 g/mol. The highest BCUT2D eigenvalue weighted by Gasteiger charge is 2.33. The summed E-state index contributed by atoms with van der Waals surface area (Å²) in [5, 5.41) is -1.27. The van der Waals surface area contributed by atoms with E-state index < -0.39 is 30.8 Å². The number of Topliss-reactive ketones (excluding diaryl/α,β-unsaturated/α-hetero) is 1. The summed E-state index contributed by atoms with van der Waals surface area (Å²) in [4.78, 5) is 13.7. The van der Waals surface area contributed by atoms with E-state index in [2.05, 4.69) is 10.7 Å². The molecule has 0 aliphatic rings. The van der Waals surface area contributed by atoms with Crippen molar-refractivity contribution < 1.29 is 17.4 Å². The van der Waals surface area contributed by atoms with Crippen molar-refractivity contribution >= 4 is 25.5 Å². The fraction of sp³-hybridized carbons (Fsp3) is 0.222. The van der Waals surface area contributed by atoms with Crippen LogP contribution in [0.25, 0.3) is 0 Å². The van der Waals surface area contributed by atoms with Crippen molar-refractivity contribution in [1.82, 2.24) is 0 Å². The number of carbonyl (C=O) groups is 1. The molecular formula is C27H29NO4S2. The lowest BCUT2D eigenvalue weighted by atomic mass is 10.1. The van der Waals surface area contributed by atoms with E-state index in [-0.39, 0.29) is 9.79 Å². The molecule has 0 saturated carbocycles. The Morgan fingerprint density at radius 3 is 2.03 bits per heavy atom. The van der Waals surface area contributed by atoms with Crippen LogP contribution in [0.2, 0.25) is 0 Å². The highest BCUT2D eigenvalue weighted by atomic mass is 32.3. The molecule has 0 aliphatic heterocycles. The first-order valence-corrected chi connectivity index (χ1v) is 14.2. The molecule has 0 fully saturated rings. The van der Waals surface area contributed by atoms with Crippen molar-refractivity contribution in [3.63, 3.8) is 0 Å². The van der Waals surface area contributed by atoms with Gasteiger partial charge in [0.1, 0.15) is 15.0 Å². The van der Waals surface area contributed by atoms with Crippen molar-refractivity contribution in [3.05, 3.63) is 108 Å². The Morgan fingerprint density at radius 1 is 0.853 bits per heavy atom. The third kappa shape index (κ3) is 6.10. The predicted molar refractivity (Wildman–Crippen MR) is 137 cm³/mol. The average Bonchev–Trinajstić information content (AvgIpc) is 2.84. The summed E-state index contributed by atoms with van der Waals surface area (Å²) in [5.74, 6) is -0.440. The van der Waals surface area contributed by atoms with Crippen molar-refractivity contribution in [2.45, 2.75) is 48.2 Å². The Balaban J connectivity index is 2.26. The fourth-order valence-corrected chi connectivity index (χ4v) is 7.69. The minimum absolute atomic E-state index is 0.0670. The number of ketones is 1. The van der Waals surface area contributed by atoms with Crippen molar-refractivity contribution in [3.8, 4) is 0 Å². The number of benzene rings is 3. The van der Waals surface area contributed by atoms with Crippen molar-refractivity contribution in [1.29, 1.82) is 0 Å². The highest BCUT2D eigenvalue weighted by molar-refractivity contribution is 8.04. The van der Waals surface area contributed by atoms with E-state index in [1.807, 2.05) is 6.92 Å². The molecule has 3 aromatic carbocycles. The van der Waals surface area contributed by atoms with Gasteiger partial charge in [0, 0.05) is 10.5 Å². The normalized spacial score (nSPS) is 14.4. The summed E-state index contributed by atoms with van der Waals surface area (Å²) in [5.41, 5.74) is 1.23. The van der Waals surface area contributed by atoms with Gasteiger partial charge in [0.15, 0.2) is 5.78 Å². The summed E-state index contributed by atoms with van der Waals surface area (Å²) in [7, 11) is -8.07. The smallest absolute Gasteiger partial charge is 0.290 e. The van der Waals surface area contributed by atoms with Gasteiger partial charge in [0.2, 0.25) is 0 Å². The van der Waals surface area contributed by atoms with Crippen LogP contribution in [-0.4, -0.2) is 23.7 Å². The number of unbranched alkanes of at least 4 members (excludes halogenated alkanes) is 2. The first kappa shape index (κ1) is 25.6.